The lowest BCUT2D eigenvalue weighted by molar-refractivity contribution is -0.149. The van der Waals surface area contributed by atoms with Crippen molar-refractivity contribution in [2.45, 2.75) is 44.4 Å². The van der Waals surface area contributed by atoms with E-state index in [2.05, 4.69) is 16.8 Å². The van der Waals surface area contributed by atoms with Crippen LogP contribution in [0.3, 0.4) is 0 Å². The van der Waals surface area contributed by atoms with E-state index in [0.717, 1.165) is 66.7 Å². The Bertz CT molecular complexity index is 856. The molecule has 0 saturated carbocycles. The van der Waals surface area contributed by atoms with Gasteiger partial charge in [-0.15, -0.1) is 0 Å². The van der Waals surface area contributed by atoms with Gasteiger partial charge in [0.25, 0.3) is 0 Å². The van der Waals surface area contributed by atoms with Gasteiger partial charge in [-0.25, -0.2) is 5.01 Å². The highest BCUT2D eigenvalue weighted by molar-refractivity contribution is 6.30. The summed E-state index contributed by atoms with van der Waals surface area (Å²) < 4.78 is 12.3. The number of nitrogens with zero attached hydrogens (tertiary/aromatic N) is 3. The molecule has 1 fully saturated rings. The lowest BCUT2D eigenvalue weighted by Crippen LogP contribution is -2.59. The second-order valence-corrected chi connectivity index (χ2v) is 8.10. The minimum atomic E-state index is -0.385. The van der Waals surface area contributed by atoms with Crippen molar-refractivity contribution in [2.75, 3.05) is 19.6 Å². The summed E-state index contributed by atoms with van der Waals surface area (Å²) in [6.45, 7) is 5.45. The van der Waals surface area contributed by atoms with Crippen molar-refractivity contribution in [3.63, 3.8) is 0 Å². The Kier molecular flexibility index (Phi) is 4.17. The third kappa shape index (κ3) is 2.84. The fourth-order valence-corrected chi connectivity index (χ4v) is 4.80. The van der Waals surface area contributed by atoms with Gasteiger partial charge >= 0.3 is 0 Å². The maximum atomic E-state index is 6.62. The van der Waals surface area contributed by atoms with Crippen molar-refractivity contribution >= 4 is 17.3 Å². The second kappa shape index (κ2) is 6.57. The predicted molar refractivity (Wildman–Crippen MR) is 105 cm³/mol. The van der Waals surface area contributed by atoms with Crippen LogP contribution in [0, 0.1) is 0 Å². The molecule has 0 amide bonds. The van der Waals surface area contributed by atoms with Crippen molar-refractivity contribution in [1.82, 2.24) is 9.91 Å². The number of furan rings is 1. The first-order chi connectivity index (χ1) is 13.2. The molecule has 0 unspecified atom stereocenters. The van der Waals surface area contributed by atoms with Crippen molar-refractivity contribution in [3.8, 4) is 5.75 Å². The van der Waals surface area contributed by atoms with Gasteiger partial charge in [-0.1, -0.05) is 18.5 Å². The van der Waals surface area contributed by atoms with E-state index < -0.39 is 0 Å². The monoisotopic (exact) mass is 385 g/mol. The Morgan fingerprint density at radius 2 is 2.11 bits per heavy atom. The number of benzene rings is 1. The molecule has 0 aliphatic carbocycles. The Morgan fingerprint density at radius 3 is 2.85 bits per heavy atom. The number of piperidine rings is 1. The van der Waals surface area contributed by atoms with E-state index in [1.807, 2.05) is 30.3 Å². The summed E-state index contributed by atoms with van der Waals surface area (Å²) in [6.07, 6.45) is 5.59. The zero-order valence-electron chi connectivity index (χ0n) is 15.5. The van der Waals surface area contributed by atoms with E-state index in [1.165, 1.54) is 6.42 Å². The highest BCUT2D eigenvalue weighted by Gasteiger charge is 2.52. The first-order valence-corrected chi connectivity index (χ1v) is 10.2. The molecule has 142 valence electrons. The van der Waals surface area contributed by atoms with Gasteiger partial charge in [-0.2, -0.15) is 5.10 Å². The summed E-state index contributed by atoms with van der Waals surface area (Å²) in [6, 6.07) is 9.99. The fourth-order valence-electron chi connectivity index (χ4n) is 4.62. The van der Waals surface area contributed by atoms with Crippen LogP contribution in [-0.4, -0.2) is 41.0 Å². The molecule has 1 saturated heterocycles. The molecule has 4 heterocycles. The van der Waals surface area contributed by atoms with Crippen molar-refractivity contribution in [1.29, 1.82) is 0 Å². The lowest BCUT2D eigenvalue weighted by Gasteiger charge is -2.51. The number of rotatable bonds is 3. The Morgan fingerprint density at radius 1 is 1.26 bits per heavy atom. The predicted octanol–water partition coefficient (Wildman–Crippen LogP) is 4.68. The Labute approximate surface area is 164 Å². The minimum Gasteiger partial charge on any atom is -0.466 e. The average molecular weight is 386 g/mol. The molecule has 0 radical (unpaired) electrons. The molecule has 1 atom stereocenters. The molecule has 3 aliphatic heterocycles. The Balaban J connectivity index is 1.53. The number of hydrazone groups is 1. The largest absolute Gasteiger partial charge is 0.466 e. The highest BCUT2D eigenvalue weighted by atomic mass is 35.5. The van der Waals surface area contributed by atoms with E-state index in [0.29, 0.717) is 0 Å². The number of hydrogen-bond donors (Lipinski definition) is 0. The first kappa shape index (κ1) is 17.1. The van der Waals surface area contributed by atoms with Crippen LogP contribution in [-0.2, 0) is 0 Å². The van der Waals surface area contributed by atoms with E-state index in [4.69, 9.17) is 25.9 Å². The maximum Gasteiger partial charge on any atom is 0.200 e. The van der Waals surface area contributed by atoms with Crippen LogP contribution in [0.15, 0.2) is 46.1 Å². The van der Waals surface area contributed by atoms with E-state index in [1.54, 1.807) is 6.26 Å². The molecule has 27 heavy (non-hydrogen) atoms. The molecule has 2 aromatic rings. The molecule has 1 aromatic heterocycles. The molecular weight excluding hydrogens is 362 g/mol. The minimum absolute atomic E-state index is 0.144. The first-order valence-electron chi connectivity index (χ1n) is 9.80. The van der Waals surface area contributed by atoms with Crippen LogP contribution in [0.4, 0.5) is 0 Å². The van der Waals surface area contributed by atoms with E-state index in [9.17, 15) is 0 Å². The molecule has 0 N–H and O–H groups in total. The van der Waals surface area contributed by atoms with Crippen molar-refractivity contribution < 1.29 is 9.15 Å². The van der Waals surface area contributed by atoms with E-state index in [-0.39, 0.29) is 11.8 Å². The third-order valence-corrected chi connectivity index (χ3v) is 6.18. The quantitative estimate of drug-likeness (QED) is 0.769. The maximum absolute atomic E-state index is 6.62. The van der Waals surface area contributed by atoms with Gasteiger partial charge in [0.1, 0.15) is 17.2 Å². The Hall–Kier alpha value is -1.98. The summed E-state index contributed by atoms with van der Waals surface area (Å²) in [5.74, 6) is 1.78. The average Bonchev–Trinajstić information content (AvgIpc) is 3.34. The van der Waals surface area contributed by atoms with Crippen molar-refractivity contribution in [2.24, 2.45) is 5.10 Å². The molecule has 5 rings (SSSR count). The van der Waals surface area contributed by atoms with Crippen LogP contribution >= 0.6 is 11.6 Å². The molecule has 3 aliphatic rings. The van der Waals surface area contributed by atoms with Gasteiger partial charge in [0.05, 0.1) is 12.3 Å². The molecule has 0 bridgehead atoms. The lowest BCUT2D eigenvalue weighted by atomic mass is 9.91. The molecular formula is C21H24ClN3O2. The standard InChI is InChI=1S/C21H24ClN3O2/c1-2-9-24-10-7-21(8-11-24)25-18(14-17(23-25)20-4-3-12-26-20)16-13-15(22)5-6-19(16)27-21/h3-6,12-13,18H,2,7-11,14H2,1H3/t18-/m1/s1. The third-order valence-electron chi connectivity index (χ3n) is 5.94. The van der Waals surface area contributed by atoms with Gasteiger partial charge < -0.3 is 14.1 Å². The summed E-state index contributed by atoms with van der Waals surface area (Å²) >= 11 is 6.30. The number of hydrogen-bond acceptors (Lipinski definition) is 5. The van der Waals surface area contributed by atoms with Gasteiger partial charge in [-0.3, -0.25) is 0 Å². The van der Waals surface area contributed by atoms with Crippen LogP contribution in [0.1, 0.15) is 50.0 Å². The van der Waals surface area contributed by atoms with Gasteiger partial charge in [-0.05, 0) is 43.3 Å². The normalized spacial score (nSPS) is 23.7. The SMILES string of the molecule is CCCN1CCC2(CC1)Oc1ccc(Cl)cc1[C@H]1CC(c3ccco3)=NN12. The number of likely N-dealkylation sites (tertiary alicyclic amines) is 1. The highest BCUT2D eigenvalue weighted by Crippen LogP contribution is 2.50. The molecule has 1 spiro atoms. The summed E-state index contributed by atoms with van der Waals surface area (Å²) in [5.41, 5.74) is 1.72. The van der Waals surface area contributed by atoms with Gasteiger partial charge in [0, 0.05) is 42.9 Å². The number of fused-ring (bicyclic) bond motifs is 4. The summed E-state index contributed by atoms with van der Waals surface area (Å²) in [5, 5.41) is 7.93. The van der Waals surface area contributed by atoms with Crippen LogP contribution < -0.4 is 4.74 Å². The zero-order valence-corrected chi connectivity index (χ0v) is 16.3. The van der Waals surface area contributed by atoms with Crippen LogP contribution in [0.5, 0.6) is 5.75 Å². The van der Waals surface area contributed by atoms with Gasteiger partial charge in [0.2, 0.25) is 5.72 Å². The molecule has 6 heteroatoms. The summed E-state index contributed by atoms with van der Waals surface area (Å²) in [7, 11) is 0. The number of ether oxygens (including phenoxy) is 1. The van der Waals surface area contributed by atoms with Crippen molar-refractivity contribution in [3.05, 3.63) is 52.9 Å². The zero-order chi connectivity index (χ0) is 18.4. The summed E-state index contributed by atoms with van der Waals surface area (Å²) in [4.78, 5) is 2.52. The van der Waals surface area contributed by atoms with Crippen LogP contribution in [0.2, 0.25) is 5.02 Å². The topological polar surface area (TPSA) is 41.2 Å². The molecule has 5 nitrogen and oxygen atoms in total. The fraction of sp³-hybridized carbons (Fsp3) is 0.476. The van der Waals surface area contributed by atoms with Gasteiger partial charge in [0.15, 0.2) is 0 Å². The second-order valence-electron chi connectivity index (χ2n) is 7.66. The number of halogens is 1. The molecule has 1 aromatic carbocycles. The smallest absolute Gasteiger partial charge is 0.200 e. The van der Waals surface area contributed by atoms with E-state index >= 15 is 0 Å². The van der Waals surface area contributed by atoms with Crippen LogP contribution in [0.25, 0.3) is 0 Å².